The summed E-state index contributed by atoms with van der Waals surface area (Å²) in [5.74, 6) is 0.546. The van der Waals surface area contributed by atoms with E-state index >= 15 is 0 Å². The van der Waals surface area contributed by atoms with Crippen LogP contribution in [-0.2, 0) is 4.79 Å². The van der Waals surface area contributed by atoms with E-state index in [1.165, 1.54) is 5.56 Å². The minimum atomic E-state index is -0.530. The lowest BCUT2D eigenvalue weighted by Gasteiger charge is -2.18. The van der Waals surface area contributed by atoms with E-state index in [2.05, 4.69) is 5.32 Å². The lowest BCUT2D eigenvalue weighted by Crippen LogP contribution is -2.32. The molecule has 22 heavy (non-hydrogen) atoms. The number of carbonyl (C=O) groups excluding carboxylic acids is 1. The summed E-state index contributed by atoms with van der Waals surface area (Å²) in [7, 11) is 0. The molecule has 1 N–H and O–H groups in total. The fraction of sp³-hybridized carbons (Fsp3) is 0.278. The fourth-order valence-electron chi connectivity index (χ4n) is 2.03. The molecule has 0 radical (unpaired) electrons. The van der Waals surface area contributed by atoms with E-state index in [9.17, 15) is 4.79 Å². The number of aryl methyl sites for hydroxylation is 2. The summed E-state index contributed by atoms with van der Waals surface area (Å²) in [5, 5.41) is 3.48. The maximum absolute atomic E-state index is 12.3. The molecule has 1 atom stereocenters. The molecule has 2 rings (SSSR count). The van der Waals surface area contributed by atoms with E-state index in [0.717, 1.165) is 5.56 Å². The Bertz CT molecular complexity index is 653. The zero-order chi connectivity index (χ0) is 16.1. The summed E-state index contributed by atoms with van der Waals surface area (Å²) in [6, 6.07) is 12.8. The molecule has 3 nitrogen and oxygen atoms in total. The van der Waals surface area contributed by atoms with E-state index in [1.54, 1.807) is 24.3 Å². The SMILES string of the molecule is CC[C@H](Oc1ccc(C)c(C)c1)C(=O)Nc1ccc(Cl)cc1. The molecule has 4 heteroatoms. The van der Waals surface area contributed by atoms with Gasteiger partial charge in [0.05, 0.1) is 0 Å². The summed E-state index contributed by atoms with van der Waals surface area (Å²) < 4.78 is 5.82. The zero-order valence-electron chi connectivity index (χ0n) is 13.0. The summed E-state index contributed by atoms with van der Waals surface area (Å²) in [6.07, 6.45) is 0.0598. The molecule has 0 spiro atoms. The highest BCUT2D eigenvalue weighted by Crippen LogP contribution is 2.20. The molecule has 0 saturated heterocycles. The Labute approximate surface area is 136 Å². The molecule has 0 aliphatic heterocycles. The molecule has 2 aromatic rings. The predicted molar refractivity (Wildman–Crippen MR) is 90.7 cm³/mol. The molecule has 0 aliphatic carbocycles. The van der Waals surface area contributed by atoms with Gasteiger partial charge in [-0.05, 0) is 67.8 Å². The molecular weight excluding hydrogens is 298 g/mol. The van der Waals surface area contributed by atoms with Gasteiger partial charge in [-0.15, -0.1) is 0 Å². The third-order valence-electron chi connectivity index (χ3n) is 3.53. The zero-order valence-corrected chi connectivity index (χ0v) is 13.8. The molecule has 0 bridgehead atoms. The van der Waals surface area contributed by atoms with Crippen molar-refractivity contribution in [3.8, 4) is 5.75 Å². The largest absolute Gasteiger partial charge is 0.481 e. The van der Waals surface area contributed by atoms with Gasteiger partial charge in [-0.25, -0.2) is 0 Å². The van der Waals surface area contributed by atoms with Crippen molar-refractivity contribution in [2.24, 2.45) is 0 Å². The number of halogens is 1. The van der Waals surface area contributed by atoms with Gasteiger partial charge in [0.25, 0.3) is 5.91 Å². The standard InChI is InChI=1S/C18H20ClNO2/c1-4-17(22-16-10-5-12(2)13(3)11-16)18(21)20-15-8-6-14(19)7-9-15/h5-11,17H,4H2,1-3H3,(H,20,21)/t17-/m0/s1. The summed E-state index contributed by atoms with van der Waals surface area (Å²) in [6.45, 7) is 5.99. The quantitative estimate of drug-likeness (QED) is 0.864. The van der Waals surface area contributed by atoms with Gasteiger partial charge in [0.2, 0.25) is 0 Å². The number of hydrogen-bond donors (Lipinski definition) is 1. The van der Waals surface area contributed by atoms with Crippen LogP contribution in [-0.4, -0.2) is 12.0 Å². The van der Waals surface area contributed by atoms with E-state index in [1.807, 2.05) is 39.0 Å². The van der Waals surface area contributed by atoms with Crippen LogP contribution in [0.2, 0.25) is 5.02 Å². The predicted octanol–water partition coefficient (Wildman–Crippen LogP) is 4.75. The van der Waals surface area contributed by atoms with Gasteiger partial charge in [-0.2, -0.15) is 0 Å². The smallest absolute Gasteiger partial charge is 0.265 e. The molecule has 1 amide bonds. The molecule has 0 unspecified atom stereocenters. The van der Waals surface area contributed by atoms with Crippen LogP contribution in [0.25, 0.3) is 0 Å². The first-order valence-electron chi connectivity index (χ1n) is 7.30. The minimum Gasteiger partial charge on any atom is -0.481 e. The number of nitrogens with one attached hydrogen (secondary N) is 1. The molecule has 0 saturated carbocycles. The van der Waals surface area contributed by atoms with E-state index in [-0.39, 0.29) is 5.91 Å². The summed E-state index contributed by atoms with van der Waals surface area (Å²) in [5.41, 5.74) is 3.05. The highest BCUT2D eigenvalue weighted by atomic mass is 35.5. The van der Waals surface area contributed by atoms with Crippen LogP contribution in [0.15, 0.2) is 42.5 Å². The number of benzene rings is 2. The van der Waals surface area contributed by atoms with Gasteiger partial charge in [0, 0.05) is 10.7 Å². The number of carbonyl (C=O) groups is 1. The molecule has 0 aromatic heterocycles. The molecule has 0 aliphatic rings. The van der Waals surface area contributed by atoms with E-state index in [0.29, 0.717) is 22.9 Å². The fourth-order valence-corrected chi connectivity index (χ4v) is 2.16. The van der Waals surface area contributed by atoms with E-state index in [4.69, 9.17) is 16.3 Å². The van der Waals surface area contributed by atoms with Gasteiger partial charge in [-0.1, -0.05) is 24.6 Å². The van der Waals surface area contributed by atoms with Crippen LogP contribution in [0, 0.1) is 13.8 Å². The Morgan fingerprint density at radius 3 is 2.41 bits per heavy atom. The molecular formula is C18H20ClNO2. The number of hydrogen-bond acceptors (Lipinski definition) is 2. The van der Waals surface area contributed by atoms with Crippen molar-refractivity contribution in [2.75, 3.05) is 5.32 Å². The third-order valence-corrected chi connectivity index (χ3v) is 3.78. The molecule has 0 fully saturated rings. The molecule has 2 aromatic carbocycles. The first-order chi connectivity index (χ1) is 10.5. The highest BCUT2D eigenvalue weighted by molar-refractivity contribution is 6.30. The normalized spacial score (nSPS) is 11.8. The van der Waals surface area contributed by atoms with Crippen LogP contribution in [0.4, 0.5) is 5.69 Å². The average Bonchev–Trinajstić information content (AvgIpc) is 2.50. The monoisotopic (exact) mass is 317 g/mol. The summed E-state index contributed by atoms with van der Waals surface area (Å²) in [4.78, 5) is 12.3. The second kappa shape index (κ2) is 7.32. The summed E-state index contributed by atoms with van der Waals surface area (Å²) >= 11 is 5.84. The van der Waals surface area contributed by atoms with E-state index < -0.39 is 6.10 Å². The Hall–Kier alpha value is -2.00. The first kappa shape index (κ1) is 16.4. The lowest BCUT2D eigenvalue weighted by molar-refractivity contribution is -0.122. The van der Waals surface area contributed by atoms with Crippen LogP contribution < -0.4 is 10.1 Å². The van der Waals surface area contributed by atoms with Crippen molar-refractivity contribution in [3.05, 3.63) is 58.6 Å². The van der Waals surface area contributed by atoms with Gasteiger partial charge in [0.15, 0.2) is 6.10 Å². The second-order valence-corrected chi connectivity index (χ2v) is 5.69. The van der Waals surface area contributed by atoms with Crippen molar-refractivity contribution in [1.29, 1.82) is 0 Å². The van der Waals surface area contributed by atoms with Crippen molar-refractivity contribution in [3.63, 3.8) is 0 Å². The topological polar surface area (TPSA) is 38.3 Å². The Morgan fingerprint density at radius 2 is 1.82 bits per heavy atom. The van der Waals surface area contributed by atoms with Crippen molar-refractivity contribution >= 4 is 23.2 Å². The third kappa shape index (κ3) is 4.25. The Balaban J connectivity index is 2.05. The average molecular weight is 318 g/mol. The van der Waals surface area contributed by atoms with Crippen LogP contribution in [0.3, 0.4) is 0 Å². The first-order valence-corrected chi connectivity index (χ1v) is 7.67. The van der Waals surface area contributed by atoms with Gasteiger partial charge in [0.1, 0.15) is 5.75 Å². The number of ether oxygens (including phenoxy) is 1. The van der Waals surface area contributed by atoms with Crippen LogP contribution in [0.1, 0.15) is 24.5 Å². The van der Waals surface area contributed by atoms with Gasteiger partial charge >= 0.3 is 0 Å². The van der Waals surface area contributed by atoms with Crippen molar-refractivity contribution < 1.29 is 9.53 Å². The van der Waals surface area contributed by atoms with Crippen molar-refractivity contribution in [2.45, 2.75) is 33.3 Å². The van der Waals surface area contributed by atoms with Gasteiger partial charge in [-0.3, -0.25) is 4.79 Å². The van der Waals surface area contributed by atoms with Crippen LogP contribution >= 0.6 is 11.6 Å². The Morgan fingerprint density at radius 1 is 1.14 bits per heavy atom. The maximum Gasteiger partial charge on any atom is 0.265 e. The number of anilines is 1. The molecule has 116 valence electrons. The van der Waals surface area contributed by atoms with Crippen molar-refractivity contribution in [1.82, 2.24) is 0 Å². The highest BCUT2D eigenvalue weighted by Gasteiger charge is 2.18. The minimum absolute atomic E-state index is 0.164. The maximum atomic E-state index is 12.3. The van der Waals surface area contributed by atoms with Crippen LogP contribution in [0.5, 0.6) is 5.75 Å². The lowest BCUT2D eigenvalue weighted by atomic mass is 10.1. The number of amides is 1. The number of rotatable bonds is 5. The Kier molecular flexibility index (Phi) is 5.45. The second-order valence-electron chi connectivity index (χ2n) is 5.26. The van der Waals surface area contributed by atoms with Gasteiger partial charge < -0.3 is 10.1 Å². The molecule has 0 heterocycles.